The van der Waals surface area contributed by atoms with E-state index < -0.39 is 11.8 Å². The number of amides is 2. The summed E-state index contributed by atoms with van der Waals surface area (Å²) in [6.07, 6.45) is 3.10. The lowest BCUT2D eigenvalue weighted by molar-refractivity contribution is -0.154. The maximum absolute atomic E-state index is 12.3. The van der Waals surface area contributed by atoms with Crippen molar-refractivity contribution in [2.45, 2.75) is 31.7 Å². The van der Waals surface area contributed by atoms with Crippen LogP contribution in [0.4, 0.5) is 0 Å². The van der Waals surface area contributed by atoms with Crippen molar-refractivity contribution in [3.05, 3.63) is 0 Å². The zero-order valence-electron chi connectivity index (χ0n) is 11.7. The van der Waals surface area contributed by atoms with E-state index in [-0.39, 0.29) is 39.0 Å². The molecule has 0 aromatic heterocycles. The quantitative estimate of drug-likeness (QED) is 0.520. The Bertz CT molecular complexity index is 316. The molecule has 1 heterocycles. The molecule has 1 rings (SSSR count). The van der Waals surface area contributed by atoms with E-state index in [1.807, 2.05) is 0 Å². The lowest BCUT2D eigenvalue weighted by atomic mass is 9.99. The largest absolute Gasteiger partial charge is 0.396 e. The van der Waals surface area contributed by atoms with Crippen LogP contribution in [-0.4, -0.2) is 82.4 Å². The molecule has 1 atom stereocenters. The van der Waals surface area contributed by atoms with Crippen molar-refractivity contribution >= 4 is 11.8 Å². The molecule has 1 fully saturated rings. The second-order valence-corrected chi connectivity index (χ2v) is 4.90. The average molecular weight is 288 g/mol. The summed E-state index contributed by atoms with van der Waals surface area (Å²) in [5, 5.41) is 26.8. The number of aliphatic hydroxyl groups is 3. The first kappa shape index (κ1) is 16.9. The van der Waals surface area contributed by atoms with Crippen LogP contribution in [0.15, 0.2) is 0 Å². The standard InChI is InChI=1S/C13H24N2O5/c16-8-4-11-3-1-2-5-15(11)13(20)12(19)14(6-9-17)7-10-18/h11,16-18H,1-10H2. The van der Waals surface area contributed by atoms with Gasteiger partial charge in [-0.25, -0.2) is 0 Å². The first-order valence-electron chi connectivity index (χ1n) is 7.08. The third kappa shape index (κ3) is 4.43. The van der Waals surface area contributed by atoms with Gasteiger partial charge in [-0.2, -0.15) is 0 Å². The van der Waals surface area contributed by atoms with E-state index in [4.69, 9.17) is 15.3 Å². The van der Waals surface area contributed by atoms with Crippen LogP contribution in [0.3, 0.4) is 0 Å². The van der Waals surface area contributed by atoms with Crippen LogP contribution in [0, 0.1) is 0 Å². The molecule has 1 unspecified atom stereocenters. The Morgan fingerprint density at radius 3 is 2.25 bits per heavy atom. The van der Waals surface area contributed by atoms with Crippen molar-refractivity contribution in [3.8, 4) is 0 Å². The van der Waals surface area contributed by atoms with Gasteiger partial charge in [0, 0.05) is 32.3 Å². The van der Waals surface area contributed by atoms with E-state index >= 15 is 0 Å². The summed E-state index contributed by atoms with van der Waals surface area (Å²) >= 11 is 0. The minimum atomic E-state index is -0.696. The maximum Gasteiger partial charge on any atom is 0.312 e. The van der Waals surface area contributed by atoms with Gasteiger partial charge in [0.15, 0.2) is 0 Å². The molecular weight excluding hydrogens is 264 g/mol. The second kappa shape index (κ2) is 8.89. The Balaban J connectivity index is 2.71. The third-order valence-electron chi connectivity index (χ3n) is 3.56. The van der Waals surface area contributed by atoms with Crippen molar-refractivity contribution in [3.63, 3.8) is 0 Å². The molecule has 7 heteroatoms. The monoisotopic (exact) mass is 288 g/mol. The Morgan fingerprint density at radius 1 is 1.05 bits per heavy atom. The highest BCUT2D eigenvalue weighted by Gasteiger charge is 2.32. The fourth-order valence-electron chi connectivity index (χ4n) is 2.53. The summed E-state index contributed by atoms with van der Waals surface area (Å²) in [5.74, 6) is -1.30. The molecule has 0 saturated carbocycles. The number of hydrogen-bond donors (Lipinski definition) is 3. The normalized spacial score (nSPS) is 18.9. The number of likely N-dealkylation sites (tertiary alicyclic amines) is 1. The number of rotatable bonds is 6. The molecule has 1 aliphatic heterocycles. The summed E-state index contributed by atoms with van der Waals surface area (Å²) in [4.78, 5) is 27.1. The SMILES string of the molecule is O=C(C(=O)N1CCCCC1CCO)N(CCO)CCO. The van der Waals surface area contributed by atoms with Gasteiger partial charge >= 0.3 is 11.8 Å². The van der Waals surface area contributed by atoms with Crippen LogP contribution in [0.2, 0.25) is 0 Å². The minimum absolute atomic E-state index is 0.0143. The van der Waals surface area contributed by atoms with E-state index in [9.17, 15) is 9.59 Å². The van der Waals surface area contributed by atoms with Gasteiger partial charge in [0.05, 0.1) is 13.2 Å². The highest BCUT2D eigenvalue weighted by Crippen LogP contribution is 2.20. The zero-order chi connectivity index (χ0) is 15.0. The van der Waals surface area contributed by atoms with Crippen LogP contribution < -0.4 is 0 Å². The summed E-state index contributed by atoms with van der Waals surface area (Å²) in [5.41, 5.74) is 0. The van der Waals surface area contributed by atoms with Gasteiger partial charge in [-0.05, 0) is 25.7 Å². The van der Waals surface area contributed by atoms with E-state index in [0.717, 1.165) is 24.2 Å². The Kier molecular flexibility index (Phi) is 7.50. The molecule has 0 spiro atoms. The van der Waals surface area contributed by atoms with E-state index in [2.05, 4.69) is 0 Å². The molecule has 0 bridgehead atoms. The summed E-state index contributed by atoms with van der Waals surface area (Å²) in [6, 6.07) is -0.102. The van der Waals surface area contributed by atoms with Crippen molar-refractivity contribution in [2.24, 2.45) is 0 Å². The second-order valence-electron chi connectivity index (χ2n) is 4.90. The molecule has 0 radical (unpaired) electrons. The lowest BCUT2D eigenvalue weighted by Gasteiger charge is -2.36. The molecule has 116 valence electrons. The van der Waals surface area contributed by atoms with Crippen molar-refractivity contribution in [1.82, 2.24) is 9.80 Å². The zero-order valence-corrected chi connectivity index (χ0v) is 11.7. The smallest absolute Gasteiger partial charge is 0.312 e. The van der Waals surface area contributed by atoms with Gasteiger partial charge in [-0.3, -0.25) is 9.59 Å². The predicted octanol–water partition coefficient (Wildman–Crippen LogP) is -1.44. The van der Waals surface area contributed by atoms with E-state index in [1.54, 1.807) is 0 Å². The molecule has 1 aliphatic rings. The molecule has 0 aliphatic carbocycles. The van der Waals surface area contributed by atoms with Crippen LogP contribution in [-0.2, 0) is 9.59 Å². The molecule has 3 N–H and O–H groups in total. The minimum Gasteiger partial charge on any atom is -0.396 e. The number of carbonyl (C=O) groups is 2. The number of hydrogen-bond acceptors (Lipinski definition) is 5. The van der Waals surface area contributed by atoms with Gasteiger partial charge in [-0.1, -0.05) is 0 Å². The van der Waals surface area contributed by atoms with Crippen LogP contribution in [0.5, 0.6) is 0 Å². The molecular formula is C13H24N2O5. The number of nitrogens with zero attached hydrogens (tertiary/aromatic N) is 2. The van der Waals surface area contributed by atoms with Gasteiger partial charge < -0.3 is 25.1 Å². The molecule has 2 amide bonds. The fraction of sp³-hybridized carbons (Fsp3) is 0.846. The molecule has 0 aromatic rings. The number of carbonyl (C=O) groups excluding carboxylic acids is 2. The van der Waals surface area contributed by atoms with Crippen molar-refractivity contribution in [2.75, 3.05) is 39.5 Å². The van der Waals surface area contributed by atoms with Gasteiger partial charge in [0.2, 0.25) is 0 Å². The highest BCUT2D eigenvalue weighted by atomic mass is 16.3. The van der Waals surface area contributed by atoms with Gasteiger partial charge in [0.25, 0.3) is 0 Å². The fourth-order valence-corrected chi connectivity index (χ4v) is 2.53. The molecule has 1 saturated heterocycles. The Morgan fingerprint density at radius 2 is 1.70 bits per heavy atom. The lowest BCUT2D eigenvalue weighted by Crippen LogP contribution is -2.52. The molecule has 0 aromatic carbocycles. The highest BCUT2D eigenvalue weighted by molar-refractivity contribution is 6.35. The van der Waals surface area contributed by atoms with Crippen molar-refractivity contribution in [1.29, 1.82) is 0 Å². The van der Waals surface area contributed by atoms with Crippen molar-refractivity contribution < 1.29 is 24.9 Å². The summed E-state index contributed by atoms with van der Waals surface area (Å²) in [6.45, 7) is 0.0619. The summed E-state index contributed by atoms with van der Waals surface area (Å²) < 4.78 is 0. The van der Waals surface area contributed by atoms with Gasteiger partial charge in [0.1, 0.15) is 0 Å². The first-order valence-corrected chi connectivity index (χ1v) is 7.08. The van der Waals surface area contributed by atoms with Crippen LogP contribution >= 0.6 is 0 Å². The predicted molar refractivity (Wildman–Crippen MR) is 71.8 cm³/mol. The van der Waals surface area contributed by atoms with Crippen LogP contribution in [0.1, 0.15) is 25.7 Å². The molecule has 20 heavy (non-hydrogen) atoms. The van der Waals surface area contributed by atoms with E-state index in [1.165, 1.54) is 4.90 Å². The average Bonchev–Trinajstić information content (AvgIpc) is 2.46. The Hall–Kier alpha value is -1.18. The number of aliphatic hydroxyl groups excluding tert-OH is 3. The summed E-state index contributed by atoms with van der Waals surface area (Å²) in [7, 11) is 0. The van der Waals surface area contributed by atoms with Crippen LogP contribution in [0.25, 0.3) is 0 Å². The maximum atomic E-state index is 12.3. The first-order chi connectivity index (χ1) is 9.65. The Labute approximate surface area is 118 Å². The third-order valence-corrected chi connectivity index (χ3v) is 3.56. The topological polar surface area (TPSA) is 101 Å². The number of piperidine rings is 1. The molecule has 7 nitrogen and oxygen atoms in total. The van der Waals surface area contributed by atoms with E-state index in [0.29, 0.717) is 13.0 Å². The van der Waals surface area contributed by atoms with Gasteiger partial charge in [-0.15, -0.1) is 0 Å².